The lowest BCUT2D eigenvalue weighted by atomic mass is 10.0. The van der Waals surface area contributed by atoms with Gasteiger partial charge in [0, 0.05) is 12.5 Å². The zero-order valence-corrected chi connectivity index (χ0v) is 15.4. The Bertz CT molecular complexity index is 640. The number of carbonyl (C=O) groups is 1. The van der Waals surface area contributed by atoms with Crippen LogP contribution in [0.25, 0.3) is 0 Å². The van der Waals surface area contributed by atoms with Crippen molar-refractivity contribution < 1.29 is 13.2 Å². The molecule has 1 aliphatic heterocycles. The Morgan fingerprint density at radius 1 is 1.35 bits per heavy atom. The number of anilines is 1. The van der Waals surface area contributed by atoms with Gasteiger partial charge in [-0.15, -0.1) is 10.2 Å². The van der Waals surface area contributed by atoms with Gasteiger partial charge in [-0.2, -0.15) is 4.31 Å². The molecule has 1 unspecified atom stereocenters. The molecule has 0 bridgehead atoms. The van der Waals surface area contributed by atoms with Crippen LogP contribution in [0.4, 0.5) is 5.13 Å². The van der Waals surface area contributed by atoms with Crippen LogP contribution in [0, 0.1) is 0 Å². The second-order valence-corrected chi connectivity index (χ2v) is 8.78. The first-order valence-electron chi connectivity index (χ1n) is 7.97. The number of hydrogen-bond acceptors (Lipinski definition) is 6. The molecule has 0 aromatic carbocycles. The molecule has 1 aromatic heterocycles. The molecule has 23 heavy (non-hydrogen) atoms. The number of aromatic nitrogens is 2. The van der Waals surface area contributed by atoms with E-state index in [1.165, 1.54) is 15.6 Å². The molecule has 1 amide bonds. The third kappa shape index (κ3) is 4.48. The standard InChI is InChI=1S/C14H24N4O3S2/c1-4-10(5-2)13-16-17-14(22-13)15-12(19)11-8-6-7-9-18(11)23(3,20)21/h10-11H,4-9H2,1-3H3,(H,15,17,19). The van der Waals surface area contributed by atoms with Gasteiger partial charge in [-0.1, -0.05) is 31.6 Å². The molecule has 0 radical (unpaired) electrons. The molecule has 1 N–H and O–H groups in total. The van der Waals surface area contributed by atoms with Gasteiger partial charge in [-0.05, 0) is 25.7 Å². The lowest BCUT2D eigenvalue weighted by Crippen LogP contribution is -2.49. The van der Waals surface area contributed by atoms with Gasteiger partial charge in [0.25, 0.3) is 0 Å². The molecule has 2 heterocycles. The predicted molar refractivity (Wildman–Crippen MR) is 91.1 cm³/mol. The van der Waals surface area contributed by atoms with E-state index in [1.807, 2.05) is 0 Å². The largest absolute Gasteiger partial charge is 0.299 e. The third-order valence-corrected chi connectivity index (χ3v) is 6.48. The van der Waals surface area contributed by atoms with Crippen molar-refractivity contribution in [2.75, 3.05) is 18.1 Å². The Morgan fingerprint density at radius 2 is 2.04 bits per heavy atom. The summed E-state index contributed by atoms with van der Waals surface area (Å²) in [5, 5.41) is 12.3. The Hall–Kier alpha value is -1.06. The van der Waals surface area contributed by atoms with Crippen molar-refractivity contribution in [2.45, 2.75) is 57.9 Å². The van der Waals surface area contributed by atoms with Crippen LogP contribution in [0.1, 0.15) is 56.9 Å². The normalized spacial score (nSPS) is 19.9. The fourth-order valence-electron chi connectivity index (χ4n) is 2.84. The summed E-state index contributed by atoms with van der Waals surface area (Å²) in [5.41, 5.74) is 0. The average molecular weight is 361 g/mol. The molecule has 7 nitrogen and oxygen atoms in total. The van der Waals surface area contributed by atoms with Crippen LogP contribution in [0.2, 0.25) is 0 Å². The maximum atomic E-state index is 12.5. The molecule has 130 valence electrons. The zero-order valence-electron chi connectivity index (χ0n) is 13.8. The fraction of sp³-hybridized carbons (Fsp3) is 0.786. The van der Waals surface area contributed by atoms with Crippen molar-refractivity contribution in [2.24, 2.45) is 0 Å². The van der Waals surface area contributed by atoms with Crippen LogP contribution < -0.4 is 5.32 Å². The van der Waals surface area contributed by atoms with Gasteiger partial charge < -0.3 is 0 Å². The molecule has 0 spiro atoms. The quantitative estimate of drug-likeness (QED) is 0.839. The van der Waals surface area contributed by atoms with Crippen molar-refractivity contribution in [1.29, 1.82) is 0 Å². The molecule has 1 atom stereocenters. The van der Waals surface area contributed by atoms with Gasteiger partial charge in [0.05, 0.1) is 6.26 Å². The number of nitrogens with zero attached hydrogens (tertiary/aromatic N) is 3. The minimum atomic E-state index is -3.39. The topological polar surface area (TPSA) is 92.3 Å². The van der Waals surface area contributed by atoms with E-state index in [4.69, 9.17) is 0 Å². The van der Waals surface area contributed by atoms with Crippen LogP contribution in [0.15, 0.2) is 0 Å². The van der Waals surface area contributed by atoms with E-state index in [-0.39, 0.29) is 5.91 Å². The van der Waals surface area contributed by atoms with Crippen molar-refractivity contribution in [3.63, 3.8) is 0 Å². The van der Waals surface area contributed by atoms with Gasteiger partial charge in [0.1, 0.15) is 11.0 Å². The molecule has 0 saturated carbocycles. The van der Waals surface area contributed by atoms with Crippen LogP contribution in [0.5, 0.6) is 0 Å². The van der Waals surface area contributed by atoms with Crippen LogP contribution in [-0.2, 0) is 14.8 Å². The van der Waals surface area contributed by atoms with E-state index in [0.29, 0.717) is 24.0 Å². The highest BCUT2D eigenvalue weighted by molar-refractivity contribution is 7.88. The number of nitrogens with one attached hydrogen (secondary N) is 1. The molecule has 1 aliphatic rings. The first kappa shape index (κ1) is 18.3. The van der Waals surface area contributed by atoms with Crippen LogP contribution in [-0.4, -0.2) is 47.7 Å². The summed E-state index contributed by atoms with van der Waals surface area (Å²) >= 11 is 1.37. The summed E-state index contributed by atoms with van der Waals surface area (Å²) < 4.78 is 25.0. The second-order valence-electron chi connectivity index (χ2n) is 5.83. The fourth-order valence-corrected chi connectivity index (χ4v) is 4.98. The minimum absolute atomic E-state index is 0.317. The highest BCUT2D eigenvalue weighted by Crippen LogP contribution is 2.29. The summed E-state index contributed by atoms with van der Waals surface area (Å²) in [5.74, 6) is 0.0303. The van der Waals surface area contributed by atoms with Crippen molar-refractivity contribution in [3.8, 4) is 0 Å². The summed E-state index contributed by atoms with van der Waals surface area (Å²) in [6.07, 6.45) is 5.27. The second kappa shape index (κ2) is 7.67. The van der Waals surface area contributed by atoms with Gasteiger partial charge in [-0.25, -0.2) is 8.42 Å². The smallest absolute Gasteiger partial charge is 0.244 e. The zero-order chi connectivity index (χ0) is 17.0. The van der Waals surface area contributed by atoms with Gasteiger partial charge in [0.2, 0.25) is 21.1 Å². The van der Waals surface area contributed by atoms with Crippen LogP contribution in [0.3, 0.4) is 0 Å². The van der Waals surface area contributed by atoms with Crippen LogP contribution >= 0.6 is 11.3 Å². The van der Waals surface area contributed by atoms with Crippen molar-refractivity contribution in [1.82, 2.24) is 14.5 Å². The Morgan fingerprint density at radius 3 is 2.65 bits per heavy atom. The van der Waals surface area contributed by atoms with Gasteiger partial charge in [0.15, 0.2) is 0 Å². The SMILES string of the molecule is CCC(CC)c1nnc(NC(=O)C2CCCCN2S(C)(=O)=O)s1. The minimum Gasteiger partial charge on any atom is -0.299 e. The van der Waals surface area contributed by atoms with Crippen molar-refractivity contribution in [3.05, 3.63) is 5.01 Å². The van der Waals surface area contributed by atoms with E-state index in [9.17, 15) is 13.2 Å². The summed E-state index contributed by atoms with van der Waals surface area (Å²) in [6, 6.07) is -0.653. The number of hydrogen-bond donors (Lipinski definition) is 1. The van der Waals surface area contributed by atoms with E-state index in [0.717, 1.165) is 36.9 Å². The molecule has 1 fully saturated rings. The molecule has 0 aliphatic carbocycles. The Balaban J connectivity index is 2.09. The third-order valence-electron chi connectivity index (χ3n) is 4.19. The molecule has 9 heteroatoms. The van der Waals surface area contributed by atoms with E-state index in [2.05, 4.69) is 29.4 Å². The van der Waals surface area contributed by atoms with E-state index < -0.39 is 16.1 Å². The Kier molecular flexibility index (Phi) is 6.10. The predicted octanol–water partition coefficient (Wildman–Crippen LogP) is 2.19. The summed E-state index contributed by atoms with van der Waals surface area (Å²) in [6.45, 7) is 4.59. The maximum absolute atomic E-state index is 12.5. The average Bonchev–Trinajstić information content (AvgIpc) is 2.96. The summed E-state index contributed by atoms with van der Waals surface area (Å²) in [4.78, 5) is 12.5. The first-order valence-corrected chi connectivity index (χ1v) is 10.6. The van der Waals surface area contributed by atoms with Gasteiger partial charge in [-0.3, -0.25) is 10.1 Å². The molecular weight excluding hydrogens is 336 g/mol. The van der Waals surface area contributed by atoms with E-state index >= 15 is 0 Å². The number of sulfonamides is 1. The molecule has 1 saturated heterocycles. The molecular formula is C14H24N4O3S2. The van der Waals surface area contributed by atoms with Gasteiger partial charge >= 0.3 is 0 Å². The molecule has 2 rings (SSSR count). The van der Waals surface area contributed by atoms with E-state index in [1.54, 1.807) is 0 Å². The highest BCUT2D eigenvalue weighted by atomic mass is 32.2. The molecule has 1 aromatic rings. The lowest BCUT2D eigenvalue weighted by Gasteiger charge is -2.32. The summed E-state index contributed by atoms with van der Waals surface area (Å²) in [7, 11) is -3.39. The number of rotatable bonds is 6. The first-order chi connectivity index (χ1) is 10.9. The highest BCUT2D eigenvalue weighted by Gasteiger charge is 2.34. The lowest BCUT2D eigenvalue weighted by molar-refractivity contribution is -0.120. The monoisotopic (exact) mass is 360 g/mol. The van der Waals surface area contributed by atoms with Crippen molar-refractivity contribution >= 4 is 32.4 Å². The number of piperidine rings is 1. The number of amides is 1. The Labute approximate surface area is 141 Å². The maximum Gasteiger partial charge on any atom is 0.244 e. The number of carbonyl (C=O) groups excluding carboxylic acids is 1.